The standard InChI is InChI=1S/C20H19Cl2NO2/c1-24-16-8-4-7-14(20(16)25-2)18-12-6-3-5-11(12)13-9-10-15(21)17(22)19(13)23-18/h3-5,7-12,18,23H,6H2,1-2H3/t11-,12+,18-/m1/s1. The average molecular weight is 376 g/mol. The Bertz CT molecular complexity index is 850. The van der Waals surface area contributed by atoms with Crippen molar-refractivity contribution >= 4 is 28.9 Å². The van der Waals surface area contributed by atoms with Gasteiger partial charge in [0.25, 0.3) is 0 Å². The van der Waals surface area contributed by atoms with E-state index in [1.807, 2.05) is 18.2 Å². The van der Waals surface area contributed by atoms with Gasteiger partial charge in [0.1, 0.15) is 0 Å². The molecule has 130 valence electrons. The van der Waals surface area contributed by atoms with Crippen LogP contribution in [0.5, 0.6) is 11.5 Å². The van der Waals surface area contributed by atoms with E-state index in [1.54, 1.807) is 14.2 Å². The number of benzene rings is 2. The number of rotatable bonds is 3. The average Bonchev–Trinajstić information content (AvgIpc) is 3.13. The number of allylic oxidation sites excluding steroid dienone is 2. The molecule has 2 aliphatic rings. The number of hydrogen-bond donors (Lipinski definition) is 1. The zero-order valence-corrected chi connectivity index (χ0v) is 15.6. The van der Waals surface area contributed by atoms with E-state index >= 15 is 0 Å². The first-order valence-corrected chi connectivity index (χ1v) is 9.03. The Labute approximate surface area is 157 Å². The molecule has 0 saturated heterocycles. The van der Waals surface area contributed by atoms with Crippen molar-refractivity contribution in [3.05, 3.63) is 63.7 Å². The molecule has 0 fully saturated rings. The minimum Gasteiger partial charge on any atom is -0.493 e. The summed E-state index contributed by atoms with van der Waals surface area (Å²) in [4.78, 5) is 0. The van der Waals surface area contributed by atoms with Crippen molar-refractivity contribution in [2.24, 2.45) is 5.92 Å². The second kappa shape index (κ2) is 6.47. The summed E-state index contributed by atoms with van der Waals surface area (Å²) < 4.78 is 11.1. The fourth-order valence-corrected chi connectivity index (χ4v) is 4.45. The van der Waals surface area contributed by atoms with Crippen molar-refractivity contribution in [3.8, 4) is 11.5 Å². The van der Waals surface area contributed by atoms with Crippen LogP contribution >= 0.6 is 23.2 Å². The van der Waals surface area contributed by atoms with Crippen LogP contribution in [0.3, 0.4) is 0 Å². The molecule has 0 radical (unpaired) electrons. The largest absolute Gasteiger partial charge is 0.493 e. The van der Waals surface area contributed by atoms with E-state index in [4.69, 9.17) is 32.7 Å². The lowest BCUT2D eigenvalue weighted by molar-refractivity contribution is 0.341. The van der Waals surface area contributed by atoms with Crippen LogP contribution in [0.4, 0.5) is 5.69 Å². The molecule has 0 bridgehead atoms. The molecule has 5 heteroatoms. The summed E-state index contributed by atoms with van der Waals surface area (Å²) in [6.07, 6.45) is 5.52. The maximum atomic E-state index is 6.51. The molecule has 1 aliphatic heterocycles. The van der Waals surface area contributed by atoms with Gasteiger partial charge in [0, 0.05) is 11.5 Å². The lowest BCUT2D eigenvalue weighted by Crippen LogP contribution is -2.29. The number of fused-ring (bicyclic) bond motifs is 3. The highest BCUT2D eigenvalue weighted by Crippen LogP contribution is 2.54. The first-order valence-electron chi connectivity index (χ1n) is 8.27. The lowest BCUT2D eigenvalue weighted by Gasteiger charge is -2.38. The summed E-state index contributed by atoms with van der Waals surface area (Å²) in [7, 11) is 3.33. The Morgan fingerprint density at radius 3 is 2.64 bits per heavy atom. The van der Waals surface area contributed by atoms with Crippen molar-refractivity contribution in [1.82, 2.24) is 0 Å². The fraction of sp³-hybridized carbons (Fsp3) is 0.300. The molecule has 0 spiro atoms. The smallest absolute Gasteiger partial charge is 0.165 e. The Morgan fingerprint density at radius 2 is 1.88 bits per heavy atom. The van der Waals surface area contributed by atoms with Gasteiger partial charge in [0.15, 0.2) is 11.5 Å². The van der Waals surface area contributed by atoms with E-state index in [0.29, 0.717) is 21.9 Å². The van der Waals surface area contributed by atoms with Crippen molar-refractivity contribution in [2.45, 2.75) is 18.4 Å². The molecule has 1 N–H and O–H groups in total. The summed E-state index contributed by atoms with van der Waals surface area (Å²) in [6, 6.07) is 9.99. The molecule has 3 atom stereocenters. The predicted molar refractivity (Wildman–Crippen MR) is 102 cm³/mol. The Balaban J connectivity index is 1.86. The maximum absolute atomic E-state index is 6.51. The van der Waals surface area contributed by atoms with E-state index in [-0.39, 0.29) is 6.04 Å². The Kier molecular flexibility index (Phi) is 4.30. The van der Waals surface area contributed by atoms with Gasteiger partial charge in [0.2, 0.25) is 0 Å². The van der Waals surface area contributed by atoms with Crippen LogP contribution in [0.1, 0.15) is 29.5 Å². The number of para-hydroxylation sites is 1. The number of halogens is 2. The molecule has 0 amide bonds. The molecular weight excluding hydrogens is 357 g/mol. The topological polar surface area (TPSA) is 30.5 Å². The number of methoxy groups -OCH3 is 2. The summed E-state index contributed by atoms with van der Waals surface area (Å²) in [5.74, 6) is 2.19. The minimum absolute atomic E-state index is 0.0634. The zero-order chi connectivity index (χ0) is 17.6. The van der Waals surface area contributed by atoms with Crippen LogP contribution < -0.4 is 14.8 Å². The second-order valence-electron chi connectivity index (χ2n) is 6.38. The first kappa shape index (κ1) is 16.6. The molecule has 3 nitrogen and oxygen atoms in total. The highest BCUT2D eigenvalue weighted by molar-refractivity contribution is 6.43. The van der Waals surface area contributed by atoms with Crippen molar-refractivity contribution in [3.63, 3.8) is 0 Å². The van der Waals surface area contributed by atoms with Gasteiger partial charge in [-0.1, -0.05) is 53.6 Å². The zero-order valence-electron chi connectivity index (χ0n) is 14.1. The quantitative estimate of drug-likeness (QED) is 0.683. The van der Waals surface area contributed by atoms with Gasteiger partial charge in [-0.25, -0.2) is 0 Å². The number of ether oxygens (including phenoxy) is 2. The van der Waals surface area contributed by atoms with Crippen LogP contribution in [0.25, 0.3) is 0 Å². The third-order valence-electron chi connectivity index (χ3n) is 5.20. The molecule has 25 heavy (non-hydrogen) atoms. The van der Waals surface area contributed by atoms with Gasteiger partial charge in [-0.3, -0.25) is 0 Å². The summed E-state index contributed by atoms with van der Waals surface area (Å²) in [5.41, 5.74) is 3.19. The van der Waals surface area contributed by atoms with Crippen LogP contribution in [0.2, 0.25) is 10.0 Å². The van der Waals surface area contributed by atoms with E-state index in [2.05, 4.69) is 29.6 Å². The van der Waals surface area contributed by atoms with Crippen molar-refractivity contribution in [2.75, 3.05) is 19.5 Å². The van der Waals surface area contributed by atoms with Gasteiger partial charge in [-0.05, 0) is 30.0 Å². The van der Waals surface area contributed by atoms with Crippen LogP contribution in [0, 0.1) is 5.92 Å². The maximum Gasteiger partial charge on any atom is 0.165 e. The molecular formula is C20H19Cl2NO2. The minimum atomic E-state index is 0.0634. The molecule has 0 saturated carbocycles. The summed E-state index contributed by atoms with van der Waals surface area (Å²) in [5, 5.41) is 4.76. The summed E-state index contributed by atoms with van der Waals surface area (Å²) >= 11 is 12.8. The SMILES string of the molecule is COc1cccc([C@@H]2Nc3c(ccc(Cl)c3Cl)[C@@H]3C=CC[C@@H]32)c1OC. The first-order chi connectivity index (χ1) is 12.2. The molecule has 0 unspecified atom stereocenters. The number of hydrogen-bond acceptors (Lipinski definition) is 3. The monoisotopic (exact) mass is 375 g/mol. The molecule has 1 aliphatic carbocycles. The van der Waals surface area contributed by atoms with Gasteiger partial charge in [-0.2, -0.15) is 0 Å². The third-order valence-corrected chi connectivity index (χ3v) is 6.00. The highest BCUT2D eigenvalue weighted by atomic mass is 35.5. The van der Waals surface area contributed by atoms with E-state index in [9.17, 15) is 0 Å². The van der Waals surface area contributed by atoms with Gasteiger partial charge in [-0.15, -0.1) is 0 Å². The normalized spacial score (nSPS) is 23.6. The molecule has 1 heterocycles. The predicted octanol–water partition coefficient (Wildman–Crippen LogP) is 5.84. The Hall–Kier alpha value is -1.84. The van der Waals surface area contributed by atoms with E-state index < -0.39 is 0 Å². The van der Waals surface area contributed by atoms with Crippen molar-refractivity contribution in [1.29, 1.82) is 0 Å². The fourth-order valence-electron chi connectivity index (χ4n) is 4.07. The van der Waals surface area contributed by atoms with Gasteiger partial charge < -0.3 is 14.8 Å². The van der Waals surface area contributed by atoms with Gasteiger partial charge >= 0.3 is 0 Å². The van der Waals surface area contributed by atoms with E-state index in [1.165, 1.54) is 5.56 Å². The second-order valence-corrected chi connectivity index (χ2v) is 7.17. The highest BCUT2D eigenvalue weighted by Gasteiger charge is 2.40. The summed E-state index contributed by atoms with van der Waals surface area (Å²) in [6.45, 7) is 0. The Morgan fingerprint density at radius 1 is 1.04 bits per heavy atom. The molecule has 4 rings (SSSR count). The third kappa shape index (κ3) is 2.57. The number of nitrogens with one attached hydrogen (secondary N) is 1. The van der Waals surface area contributed by atoms with Crippen LogP contribution in [-0.4, -0.2) is 14.2 Å². The number of anilines is 1. The molecule has 0 aromatic heterocycles. The lowest BCUT2D eigenvalue weighted by atomic mass is 9.77. The molecule has 2 aromatic rings. The van der Waals surface area contributed by atoms with E-state index in [0.717, 1.165) is 29.2 Å². The van der Waals surface area contributed by atoms with Crippen molar-refractivity contribution < 1.29 is 9.47 Å². The van der Waals surface area contributed by atoms with Gasteiger partial charge in [0.05, 0.1) is 36.0 Å². The van der Waals surface area contributed by atoms with Crippen LogP contribution in [-0.2, 0) is 0 Å². The molecule has 2 aromatic carbocycles. The van der Waals surface area contributed by atoms with Crippen LogP contribution in [0.15, 0.2) is 42.5 Å².